The third-order valence-corrected chi connectivity index (χ3v) is 2.43. The molecular formula is C14H28O5. The highest BCUT2D eigenvalue weighted by Crippen LogP contribution is 2.01. The molecule has 0 spiro atoms. The van der Waals surface area contributed by atoms with Crippen LogP contribution in [-0.2, 0) is 18.9 Å². The molecule has 5 nitrogen and oxygen atoms in total. The Morgan fingerprint density at radius 2 is 1.26 bits per heavy atom. The molecule has 1 N–H and O–H groups in total. The fraction of sp³-hybridized carbons (Fsp3) is 0.857. The average Bonchev–Trinajstić information content (AvgIpc) is 2.40. The van der Waals surface area contributed by atoms with E-state index in [1.807, 2.05) is 27.7 Å². The summed E-state index contributed by atoms with van der Waals surface area (Å²) in [4.78, 5) is 0. The summed E-state index contributed by atoms with van der Waals surface area (Å²) in [6.07, 6.45) is 1.22. The molecule has 0 aromatic rings. The van der Waals surface area contributed by atoms with Gasteiger partial charge in [-0.25, -0.2) is 0 Å². The predicted molar refractivity (Wildman–Crippen MR) is 74.1 cm³/mol. The number of hydrogen-bond acceptors (Lipinski definition) is 5. The van der Waals surface area contributed by atoms with Crippen LogP contribution in [-0.4, -0.2) is 55.9 Å². The second-order valence-corrected chi connectivity index (χ2v) is 4.73. The van der Waals surface area contributed by atoms with Crippen LogP contribution in [0.4, 0.5) is 0 Å². The fourth-order valence-corrected chi connectivity index (χ4v) is 1.25. The summed E-state index contributed by atoms with van der Waals surface area (Å²) < 4.78 is 21.7. The first-order valence-electron chi connectivity index (χ1n) is 6.71. The Hall–Kier alpha value is -0.620. The van der Waals surface area contributed by atoms with Crippen LogP contribution in [0, 0.1) is 0 Å². The van der Waals surface area contributed by atoms with Gasteiger partial charge in [0.15, 0.2) is 0 Å². The highest BCUT2D eigenvalue weighted by molar-refractivity contribution is 4.58. The Morgan fingerprint density at radius 1 is 0.842 bits per heavy atom. The van der Waals surface area contributed by atoms with E-state index in [4.69, 9.17) is 24.1 Å². The molecule has 0 saturated carbocycles. The Balaban J connectivity index is 3.60. The van der Waals surface area contributed by atoms with Gasteiger partial charge in [0.2, 0.25) is 0 Å². The van der Waals surface area contributed by atoms with Crippen LogP contribution in [0.2, 0.25) is 0 Å². The Labute approximate surface area is 116 Å². The molecule has 0 saturated heterocycles. The molecule has 0 bridgehead atoms. The first-order valence-corrected chi connectivity index (χ1v) is 6.71. The maximum Gasteiger partial charge on any atom is 0.118 e. The van der Waals surface area contributed by atoms with E-state index in [1.165, 1.54) is 6.26 Å². The standard InChI is InChI=1S/C14H28O5/c1-6-16-12(3)8-18-14(5)10-19-13(4)9-17-11(2)7-15/h6,11-15H,1,7-10H2,2-5H3. The largest absolute Gasteiger partial charge is 0.497 e. The van der Waals surface area contributed by atoms with Crippen molar-refractivity contribution in [2.24, 2.45) is 0 Å². The number of ether oxygens (including phenoxy) is 4. The molecule has 0 fully saturated rings. The number of rotatable bonds is 12. The van der Waals surface area contributed by atoms with Crippen LogP contribution in [0.3, 0.4) is 0 Å². The number of aliphatic hydroxyl groups is 1. The van der Waals surface area contributed by atoms with Crippen LogP contribution < -0.4 is 0 Å². The van der Waals surface area contributed by atoms with E-state index in [2.05, 4.69) is 6.58 Å². The molecule has 0 aromatic heterocycles. The lowest BCUT2D eigenvalue weighted by Gasteiger charge is -2.20. The zero-order valence-electron chi connectivity index (χ0n) is 12.5. The maximum atomic E-state index is 8.83. The quantitative estimate of drug-likeness (QED) is 0.550. The molecular weight excluding hydrogens is 248 g/mol. The zero-order valence-corrected chi connectivity index (χ0v) is 12.5. The van der Waals surface area contributed by atoms with Crippen LogP contribution in [0.5, 0.6) is 0 Å². The Kier molecular flexibility index (Phi) is 10.9. The van der Waals surface area contributed by atoms with Crippen molar-refractivity contribution < 1.29 is 24.1 Å². The summed E-state index contributed by atoms with van der Waals surface area (Å²) in [6, 6.07) is 0. The van der Waals surface area contributed by atoms with Gasteiger partial charge in [0.05, 0.1) is 51.0 Å². The van der Waals surface area contributed by atoms with Gasteiger partial charge >= 0.3 is 0 Å². The van der Waals surface area contributed by atoms with Crippen molar-refractivity contribution in [3.63, 3.8) is 0 Å². The molecule has 0 heterocycles. The van der Waals surface area contributed by atoms with Gasteiger partial charge in [-0.05, 0) is 27.7 Å². The fourth-order valence-electron chi connectivity index (χ4n) is 1.25. The summed E-state index contributed by atoms with van der Waals surface area (Å²) in [6.45, 7) is 12.6. The topological polar surface area (TPSA) is 57.2 Å². The van der Waals surface area contributed by atoms with Crippen molar-refractivity contribution >= 4 is 0 Å². The molecule has 0 amide bonds. The van der Waals surface area contributed by atoms with E-state index in [9.17, 15) is 0 Å². The molecule has 0 aliphatic carbocycles. The van der Waals surface area contributed by atoms with Gasteiger partial charge in [-0.1, -0.05) is 6.58 Å². The van der Waals surface area contributed by atoms with Crippen LogP contribution >= 0.6 is 0 Å². The van der Waals surface area contributed by atoms with Crippen molar-refractivity contribution in [1.29, 1.82) is 0 Å². The summed E-state index contributed by atoms with van der Waals surface area (Å²) in [7, 11) is 0. The smallest absolute Gasteiger partial charge is 0.118 e. The van der Waals surface area contributed by atoms with Crippen molar-refractivity contribution in [2.75, 3.05) is 26.4 Å². The molecule has 0 rings (SSSR count). The SMILES string of the molecule is C=COC(C)COC(C)COC(C)COC(C)CO. The lowest BCUT2D eigenvalue weighted by atomic mass is 10.3. The Bertz CT molecular complexity index is 222. The highest BCUT2D eigenvalue weighted by atomic mass is 16.6. The van der Waals surface area contributed by atoms with Crippen LogP contribution in [0.25, 0.3) is 0 Å². The first kappa shape index (κ1) is 18.4. The third-order valence-electron chi connectivity index (χ3n) is 2.43. The summed E-state index contributed by atoms with van der Waals surface area (Å²) in [5, 5.41) is 8.83. The van der Waals surface area contributed by atoms with Gasteiger partial charge in [0.1, 0.15) is 6.10 Å². The lowest BCUT2D eigenvalue weighted by Crippen LogP contribution is -2.27. The maximum absolute atomic E-state index is 8.83. The molecule has 19 heavy (non-hydrogen) atoms. The molecule has 5 heteroatoms. The Morgan fingerprint density at radius 3 is 1.68 bits per heavy atom. The van der Waals surface area contributed by atoms with Gasteiger partial charge in [-0.2, -0.15) is 0 Å². The minimum absolute atomic E-state index is 0.00594. The van der Waals surface area contributed by atoms with E-state index < -0.39 is 0 Å². The van der Waals surface area contributed by atoms with Crippen molar-refractivity contribution in [3.8, 4) is 0 Å². The van der Waals surface area contributed by atoms with E-state index in [0.717, 1.165) is 0 Å². The number of aliphatic hydroxyl groups excluding tert-OH is 1. The van der Waals surface area contributed by atoms with E-state index >= 15 is 0 Å². The molecule has 4 unspecified atom stereocenters. The van der Waals surface area contributed by atoms with Gasteiger partial charge in [-0.3, -0.25) is 0 Å². The third kappa shape index (κ3) is 10.9. The van der Waals surface area contributed by atoms with Crippen LogP contribution in [0.1, 0.15) is 27.7 Å². The van der Waals surface area contributed by atoms with Crippen LogP contribution in [0.15, 0.2) is 12.8 Å². The van der Waals surface area contributed by atoms with Crippen molar-refractivity contribution in [1.82, 2.24) is 0 Å². The highest BCUT2D eigenvalue weighted by Gasteiger charge is 2.10. The molecule has 114 valence electrons. The van der Waals surface area contributed by atoms with Gasteiger partial charge in [0.25, 0.3) is 0 Å². The lowest BCUT2D eigenvalue weighted by molar-refractivity contribution is -0.0832. The van der Waals surface area contributed by atoms with Gasteiger partial charge in [0, 0.05) is 0 Å². The second kappa shape index (κ2) is 11.2. The monoisotopic (exact) mass is 276 g/mol. The molecule has 0 aliphatic heterocycles. The first-order chi connectivity index (χ1) is 8.99. The molecule has 0 radical (unpaired) electrons. The van der Waals surface area contributed by atoms with E-state index in [0.29, 0.717) is 19.8 Å². The van der Waals surface area contributed by atoms with E-state index in [1.54, 1.807) is 0 Å². The molecule has 0 aliphatic rings. The number of hydrogen-bond donors (Lipinski definition) is 1. The predicted octanol–water partition coefficient (Wildman–Crippen LogP) is 1.74. The van der Waals surface area contributed by atoms with Crippen molar-refractivity contribution in [2.45, 2.75) is 52.1 Å². The van der Waals surface area contributed by atoms with E-state index in [-0.39, 0.29) is 31.0 Å². The summed E-state index contributed by atoms with van der Waals surface area (Å²) >= 11 is 0. The molecule has 0 aromatic carbocycles. The van der Waals surface area contributed by atoms with Gasteiger partial charge < -0.3 is 24.1 Å². The zero-order chi connectivity index (χ0) is 14.7. The normalized spacial score (nSPS) is 17.5. The summed E-state index contributed by atoms with van der Waals surface area (Å²) in [5.74, 6) is 0. The second-order valence-electron chi connectivity index (χ2n) is 4.73. The minimum Gasteiger partial charge on any atom is -0.497 e. The average molecular weight is 276 g/mol. The van der Waals surface area contributed by atoms with Crippen molar-refractivity contribution in [3.05, 3.63) is 12.8 Å². The molecule has 4 atom stereocenters. The minimum atomic E-state index is -0.156. The van der Waals surface area contributed by atoms with Gasteiger partial charge in [-0.15, -0.1) is 0 Å². The summed E-state index contributed by atoms with van der Waals surface area (Å²) in [5.41, 5.74) is 0.